The van der Waals surface area contributed by atoms with Crippen molar-refractivity contribution in [2.75, 3.05) is 6.54 Å². The molecule has 10 heavy (non-hydrogen) atoms. The molecule has 0 aliphatic heterocycles. The van der Waals surface area contributed by atoms with Crippen LogP contribution in [0.3, 0.4) is 0 Å². The quantitative estimate of drug-likeness (QED) is 0.620. The van der Waals surface area contributed by atoms with Gasteiger partial charge in [0, 0.05) is 12.6 Å². The first kappa shape index (κ1) is 12.6. The molecular weight excluding hydrogens is 126 g/mol. The molecule has 64 valence electrons. The van der Waals surface area contributed by atoms with E-state index in [1.54, 1.807) is 0 Å². The maximum Gasteiger partial charge on any atom is 0.0293 e. The Kier molecular flexibility index (Phi) is 11.2. The monoisotopic (exact) mass is 147 g/mol. The van der Waals surface area contributed by atoms with Gasteiger partial charge in [0.2, 0.25) is 0 Å². The molecule has 1 N–H and O–H groups in total. The minimum Gasteiger partial charge on any atom is -0.314 e. The molecule has 0 aromatic carbocycles. The predicted molar refractivity (Wildman–Crippen MR) is 45.3 cm³/mol. The molecule has 0 amide bonds. The first-order chi connectivity index (χ1) is 4.68. The molecule has 0 saturated heterocycles. The highest BCUT2D eigenvalue weighted by atomic mass is 16.5. The second-order valence-electron chi connectivity index (χ2n) is 2.26. The lowest BCUT2D eigenvalue weighted by Crippen LogP contribution is -2.27. The molecule has 0 spiro atoms. The van der Waals surface area contributed by atoms with Crippen molar-refractivity contribution in [3.8, 4) is 0 Å². The Balaban J connectivity index is 0. The van der Waals surface area contributed by atoms with Crippen LogP contribution >= 0.6 is 0 Å². The molecule has 0 atom stereocenters. The van der Waals surface area contributed by atoms with Crippen LogP contribution in [0.4, 0.5) is 0 Å². The van der Waals surface area contributed by atoms with Crippen molar-refractivity contribution in [2.24, 2.45) is 0 Å². The third-order valence-corrected chi connectivity index (χ3v) is 1.05. The van der Waals surface area contributed by atoms with Crippen molar-refractivity contribution in [3.05, 3.63) is 0 Å². The molecule has 2 nitrogen and oxygen atoms in total. The highest BCUT2D eigenvalue weighted by molar-refractivity contribution is 4.47. The zero-order valence-corrected chi connectivity index (χ0v) is 7.89. The van der Waals surface area contributed by atoms with Crippen molar-refractivity contribution in [1.29, 1.82) is 0 Å². The SMILES string of the molecule is CC.CCCN(O)C(C)C. The lowest BCUT2D eigenvalue weighted by Gasteiger charge is -2.16. The maximum absolute atomic E-state index is 8.96. The Morgan fingerprint density at radius 2 is 1.70 bits per heavy atom. The average Bonchev–Trinajstić information content (AvgIpc) is 1.93. The molecule has 0 bridgehead atoms. The van der Waals surface area contributed by atoms with Crippen molar-refractivity contribution in [2.45, 2.75) is 47.1 Å². The third kappa shape index (κ3) is 7.92. The van der Waals surface area contributed by atoms with Gasteiger partial charge in [-0.1, -0.05) is 20.8 Å². The van der Waals surface area contributed by atoms with Crippen molar-refractivity contribution >= 4 is 0 Å². The third-order valence-electron chi connectivity index (χ3n) is 1.05. The van der Waals surface area contributed by atoms with Crippen LogP contribution in [0.5, 0.6) is 0 Å². The molecule has 2 heteroatoms. The van der Waals surface area contributed by atoms with Gasteiger partial charge in [-0.3, -0.25) is 0 Å². The first-order valence-corrected chi connectivity index (χ1v) is 4.14. The largest absolute Gasteiger partial charge is 0.314 e. The number of hydrogen-bond acceptors (Lipinski definition) is 2. The molecule has 0 aliphatic carbocycles. The van der Waals surface area contributed by atoms with Gasteiger partial charge in [-0.25, -0.2) is 0 Å². The standard InChI is InChI=1S/C6H15NO.C2H6/c1-4-5-7(8)6(2)3;1-2/h6,8H,4-5H2,1-3H3;1-2H3. The molecule has 0 rings (SSSR count). The van der Waals surface area contributed by atoms with Crippen LogP contribution in [-0.2, 0) is 0 Å². The van der Waals surface area contributed by atoms with Gasteiger partial charge in [-0.2, -0.15) is 5.06 Å². The second-order valence-corrected chi connectivity index (χ2v) is 2.26. The summed E-state index contributed by atoms with van der Waals surface area (Å²) in [5, 5.41) is 10.3. The fourth-order valence-corrected chi connectivity index (χ4v) is 0.487. The molecule has 0 radical (unpaired) electrons. The minimum atomic E-state index is 0.259. The van der Waals surface area contributed by atoms with E-state index in [4.69, 9.17) is 5.21 Å². The zero-order chi connectivity index (χ0) is 8.57. The molecule has 0 fully saturated rings. The fraction of sp³-hybridized carbons (Fsp3) is 1.00. The summed E-state index contributed by atoms with van der Waals surface area (Å²) in [4.78, 5) is 0. The van der Waals surface area contributed by atoms with Gasteiger partial charge >= 0.3 is 0 Å². The second kappa shape index (κ2) is 8.92. The van der Waals surface area contributed by atoms with E-state index in [0.717, 1.165) is 13.0 Å². The summed E-state index contributed by atoms with van der Waals surface area (Å²) in [5.74, 6) is 0. The van der Waals surface area contributed by atoms with E-state index < -0.39 is 0 Å². The molecule has 0 aromatic rings. The molecule has 0 aromatic heterocycles. The average molecular weight is 147 g/mol. The Morgan fingerprint density at radius 1 is 1.30 bits per heavy atom. The number of hydroxylamine groups is 2. The number of nitrogens with zero attached hydrogens (tertiary/aromatic N) is 1. The first-order valence-electron chi connectivity index (χ1n) is 4.14. The molecule has 0 unspecified atom stereocenters. The van der Waals surface area contributed by atoms with Crippen molar-refractivity contribution < 1.29 is 5.21 Å². The van der Waals surface area contributed by atoms with E-state index in [-0.39, 0.29) is 6.04 Å². The smallest absolute Gasteiger partial charge is 0.0293 e. The summed E-state index contributed by atoms with van der Waals surface area (Å²) in [5.41, 5.74) is 0. The van der Waals surface area contributed by atoms with Gasteiger partial charge in [-0.05, 0) is 20.3 Å². The van der Waals surface area contributed by atoms with E-state index in [1.807, 2.05) is 34.6 Å². The van der Waals surface area contributed by atoms with E-state index in [0.29, 0.717) is 0 Å². The summed E-state index contributed by atoms with van der Waals surface area (Å²) in [6.07, 6.45) is 1.01. The van der Waals surface area contributed by atoms with E-state index in [2.05, 4.69) is 0 Å². The summed E-state index contributed by atoms with van der Waals surface area (Å²) in [6.45, 7) is 10.8. The Bertz CT molecular complexity index is 55.2. The minimum absolute atomic E-state index is 0.259. The zero-order valence-electron chi connectivity index (χ0n) is 7.89. The van der Waals surface area contributed by atoms with Crippen molar-refractivity contribution in [3.63, 3.8) is 0 Å². The van der Waals surface area contributed by atoms with Crippen LogP contribution < -0.4 is 0 Å². The van der Waals surface area contributed by atoms with Crippen LogP contribution in [0.2, 0.25) is 0 Å². The predicted octanol–water partition coefficient (Wildman–Crippen LogP) is 2.52. The fourth-order valence-electron chi connectivity index (χ4n) is 0.487. The Morgan fingerprint density at radius 3 is 1.80 bits per heavy atom. The van der Waals surface area contributed by atoms with Gasteiger partial charge in [0.1, 0.15) is 0 Å². The van der Waals surface area contributed by atoms with Gasteiger partial charge in [0.05, 0.1) is 0 Å². The summed E-state index contributed by atoms with van der Waals surface area (Å²) < 4.78 is 0. The lowest BCUT2D eigenvalue weighted by atomic mass is 10.3. The normalized spacial score (nSPS) is 9.60. The van der Waals surface area contributed by atoms with Gasteiger partial charge in [-0.15, -0.1) is 0 Å². The molecule has 0 saturated carbocycles. The van der Waals surface area contributed by atoms with Crippen LogP contribution in [-0.4, -0.2) is 22.9 Å². The highest BCUT2D eigenvalue weighted by Crippen LogP contribution is 1.92. The molecule has 0 heterocycles. The Labute approximate surface area is 64.8 Å². The summed E-state index contributed by atoms with van der Waals surface area (Å²) in [6, 6.07) is 0.259. The molecular formula is C8H21NO. The van der Waals surface area contributed by atoms with Crippen LogP contribution in [0.15, 0.2) is 0 Å². The number of hydrogen-bond donors (Lipinski definition) is 1. The molecule has 0 aliphatic rings. The van der Waals surface area contributed by atoms with E-state index in [9.17, 15) is 0 Å². The van der Waals surface area contributed by atoms with Crippen LogP contribution in [0, 0.1) is 0 Å². The lowest BCUT2D eigenvalue weighted by molar-refractivity contribution is -0.116. The van der Waals surface area contributed by atoms with Gasteiger partial charge in [0.15, 0.2) is 0 Å². The van der Waals surface area contributed by atoms with Crippen LogP contribution in [0.25, 0.3) is 0 Å². The van der Waals surface area contributed by atoms with Crippen molar-refractivity contribution in [1.82, 2.24) is 5.06 Å². The highest BCUT2D eigenvalue weighted by Gasteiger charge is 2.00. The maximum atomic E-state index is 8.96. The van der Waals surface area contributed by atoms with E-state index >= 15 is 0 Å². The number of rotatable bonds is 3. The van der Waals surface area contributed by atoms with Crippen LogP contribution in [0.1, 0.15) is 41.0 Å². The topological polar surface area (TPSA) is 23.5 Å². The van der Waals surface area contributed by atoms with Gasteiger partial charge < -0.3 is 5.21 Å². The Hall–Kier alpha value is -0.0800. The summed E-state index contributed by atoms with van der Waals surface area (Å²) >= 11 is 0. The summed E-state index contributed by atoms with van der Waals surface area (Å²) in [7, 11) is 0. The van der Waals surface area contributed by atoms with E-state index in [1.165, 1.54) is 5.06 Å². The van der Waals surface area contributed by atoms with Gasteiger partial charge in [0.25, 0.3) is 0 Å².